The Hall–Kier alpha value is -1.26. The van der Waals surface area contributed by atoms with E-state index in [0.717, 1.165) is 38.4 Å². The van der Waals surface area contributed by atoms with Crippen LogP contribution in [0.3, 0.4) is 0 Å². The lowest BCUT2D eigenvalue weighted by atomic mass is 10.1. The van der Waals surface area contributed by atoms with Gasteiger partial charge in [-0.3, -0.25) is 4.90 Å². The highest BCUT2D eigenvalue weighted by Crippen LogP contribution is 2.24. The number of nitrogens with two attached hydrogens (primary N) is 1. The summed E-state index contributed by atoms with van der Waals surface area (Å²) in [6, 6.07) is 8.15. The molecular formula is C16H25N3O. The summed E-state index contributed by atoms with van der Waals surface area (Å²) >= 11 is 0. The number of piperazine rings is 1. The smallest absolute Gasteiger partial charge is 0.0706 e. The zero-order valence-corrected chi connectivity index (χ0v) is 12.3. The Morgan fingerprint density at radius 3 is 2.55 bits per heavy atom. The molecule has 1 aromatic carbocycles. The summed E-state index contributed by atoms with van der Waals surface area (Å²) in [6.45, 7) is 7.57. The molecule has 0 aliphatic carbocycles. The first kappa shape index (κ1) is 13.7. The molecule has 0 saturated carbocycles. The summed E-state index contributed by atoms with van der Waals surface area (Å²) in [7, 11) is 0. The Bertz CT molecular complexity index is 443. The van der Waals surface area contributed by atoms with Crippen molar-refractivity contribution in [3.63, 3.8) is 0 Å². The second kappa shape index (κ2) is 6.02. The number of hydrogen-bond donors (Lipinski definition) is 1. The molecule has 2 atom stereocenters. The van der Waals surface area contributed by atoms with E-state index < -0.39 is 0 Å². The van der Waals surface area contributed by atoms with Crippen LogP contribution in [0.1, 0.15) is 19.8 Å². The highest BCUT2D eigenvalue weighted by atomic mass is 16.5. The zero-order valence-electron chi connectivity index (χ0n) is 12.3. The van der Waals surface area contributed by atoms with Crippen molar-refractivity contribution in [2.45, 2.75) is 32.0 Å². The van der Waals surface area contributed by atoms with Gasteiger partial charge in [0.2, 0.25) is 0 Å². The fraction of sp³-hybridized carbons (Fsp3) is 0.625. The second-order valence-corrected chi connectivity index (χ2v) is 5.99. The number of anilines is 2. The van der Waals surface area contributed by atoms with Crippen molar-refractivity contribution in [2.24, 2.45) is 0 Å². The van der Waals surface area contributed by atoms with Crippen LogP contribution in [-0.2, 0) is 4.74 Å². The fourth-order valence-electron chi connectivity index (χ4n) is 3.25. The molecule has 1 aromatic rings. The molecule has 2 unspecified atom stereocenters. The second-order valence-electron chi connectivity index (χ2n) is 5.99. The molecule has 4 heteroatoms. The predicted molar refractivity (Wildman–Crippen MR) is 83.1 cm³/mol. The molecule has 20 heavy (non-hydrogen) atoms. The van der Waals surface area contributed by atoms with E-state index in [1.54, 1.807) is 0 Å². The van der Waals surface area contributed by atoms with Gasteiger partial charge in [0.15, 0.2) is 0 Å². The number of benzene rings is 1. The third-order valence-electron chi connectivity index (χ3n) is 4.43. The van der Waals surface area contributed by atoms with Gasteiger partial charge in [-0.05, 0) is 31.9 Å². The van der Waals surface area contributed by atoms with Crippen molar-refractivity contribution in [3.05, 3.63) is 24.3 Å². The largest absolute Gasteiger partial charge is 0.397 e. The average Bonchev–Trinajstić information content (AvgIpc) is 2.86. The average molecular weight is 275 g/mol. The van der Waals surface area contributed by atoms with Crippen LogP contribution in [-0.4, -0.2) is 49.8 Å². The predicted octanol–water partition coefficient (Wildman–Crippen LogP) is 1.96. The Morgan fingerprint density at radius 2 is 1.90 bits per heavy atom. The molecule has 0 bridgehead atoms. The van der Waals surface area contributed by atoms with Crippen molar-refractivity contribution < 1.29 is 4.74 Å². The summed E-state index contributed by atoms with van der Waals surface area (Å²) in [5.41, 5.74) is 8.12. The first-order valence-corrected chi connectivity index (χ1v) is 7.69. The number of nitrogen functional groups attached to an aromatic ring is 1. The van der Waals surface area contributed by atoms with Crippen molar-refractivity contribution in [1.82, 2.24) is 4.90 Å². The van der Waals surface area contributed by atoms with E-state index in [-0.39, 0.29) is 0 Å². The van der Waals surface area contributed by atoms with Gasteiger partial charge in [0.05, 0.1) is 23.6 Å². The Labute approximate surface area is 121 Å². The van der Waals surface area contributed by atoms with Gasteiger partial charge in [0.1, 0.15) is 0 Å². The van der Waals surface area contributed by atoms with E-state index >= 15 is 0 Å². The zero-order chi connectivity index (χ0) is 13.9. The molecule has 2 N–H and O–H groups in total. The van der Waals surface area contributed by atoms with Crippen LogP contribution in [0.2, 0.25) is 0 Å². The molecule has 3 rings (SSSR count). The number of ether oxygens (including phenoxy) is 1. The lowest BCUT2D eigenvalue weighted by molar-refractivity contribution is 0.0304. The van der Waals surface area contributed by atoms with Gasteiger partial charge >= 0.3 is 0 Å². The van der Waals surface area contributed by atoms with Gasteiger partial charge in [-0.15, -0.1) is 0 Å². The molecule has 0 amide bonds. The minimum atomic E-state index is 0.443. The minimum Gasteiger partial charge on any atom is -0.397 e. The van der Waals surface area contributed by atoms with E-state index in [4.69, 9.17) is 10.5 Å². The normalized spacial score (nSPS) is 27.9. The SMILES string of the molecule is CC1CCC(CN2CCN(c3ccccc3N)CC2)O1. The molecular weight excluding hydrogens is 250 g/mol. The van der Waals surface area contributed by atoms with Gasteiger partial charge in [-0.2, -0.15) is 0 Å². The number of para-hydroxylation sites is 2. The van der Waals surface area contributed by atoms with Crippen LogP contribution < -0.4 is 10.6 Å². The van der Waals surface area contributed by atoms with E-state index in [1.807, 2.05) is 12.1 Å². The molecule has 0 aromatic heterocycles. The summed E-state index contributed by atoms with van der Waals surface area (Å²) in [4.78, 5) is 4.92. The van der Waals surface area contributed by atoms with E-state index in [2.05, 4.69) is 28.9 Å². The van der Waals surface area contributed by atoms with Crippen molar-refractivity contribution in [2.75, 3.05) is 43.4 Å². The summed E-state index contributed by atoms with van der Waals surface area (Å²) in [6.07, 6.45) is 3.32. The van der Waals surface area contributed by atoms with Crippen LogP contribution in [0, 0.1) is 0 Å². The minimum absolute atomic E-state index is 0.443. The summed E-state index contributed by atoms with van der Waals surface area (Å²) in [5, 5.41) is 0. The van der Waals surface area contributed by atoms with Gasteiger partial charge in [0, 0.05) is 32.7 Å². The van der Waals surface area contributed by atoms with Crippen LogP contribution in [0.25, 0.3) is 0 Å². The maximum Gasteiger partial charge on any atom is 0.0706 e. The molecule has 2 aliphatic rings. The molecule has 2 saturated heterocycles. The standard InChI is InChI=1S/C16H25N3O/c1-13-6-7-14(20-13)12-18-8-10-19(11-9-18)16-5-3-2-4-15(16)17/h2-5,13-14H,6-12,17H2,1H3. The maximum absolute atomic E-state index is 6.06. The van der Waals surface area contributed by atoms with Crippen molar-refractivity contribution >= 4 is 11.4 Å². The van der Waals surface area contributed by atoms with Crippen LogP contribution in [0.15, 0.2) is 24.3 Å². The first-order chi connectivity index (χ1) is 9.72. The molecule has 2 heterocycles. The Kier molecular flexibility index (Phi) is 4.13. The van der Waals surface area contributed by atoms with Gasteiger partial charge in [-0.1, -0.05) is 12.1 Å². The lowest BCUT2D eigenvalue weighted by Crippen LogP contribution is -2.48. The van der Waals surface area contributed by atoms with E-state index in [1.165, 1.54) is 18.5 Å². The van der Waals surface area contributed by atoms with Crippen LogP contribution in [0.4, 0.5) is 11.4 Å². The van der Waals surface area contributed by atoms with Crippen LogP contribution in [0.5, 0.6) is 0 Å². The van der Waals surface area contributed by atoms with E-state index in [0.29, 0.717) is 12.2 Å². The van der Waals surface area contributed by atoms with Gasteiger partial charge in [0.25, 0.3) is 0 Å². The molecule has 2 fully saturated rings. The molecule has 0 spiro atoms. The third kappa shape index (κ3) is 3.07. The highest BCUT2D eigenvalue weighted by Gasteiger charge is 2.26. The fourth-order valence-corrected chi connectivity index (χ4v) is 3.25. The van der Waals surface area contributed by atoms with Crippen molar-refractivity contribution in [3.8, 4) is 0 Å². The molecule has 110 valence electrons. The lowest BCUT2D eigenvalue weighted by Gasteiger charge is -2.37. The van der Waals surface area contributed by atoms with Crippen molar-refractivity contribution in [1.29, 1.82) is 0 Å². The van der Waals surface area contributed by atoms with Crippen LogP contribution >= 0.6 is 0 Å². The monoisotopic (exact) mass is 275 g/mol. The summed E-state index contributed by atoms with van der Waals surface area (Å²) < 4.78 is 5.92. The van der Waals surface area contributed by atoms with E-state index in [9.17, 15) is 0 Å². The maximum atomic E-state index is 6.06. The number of rotatable bonds is 3. The van der Waals surface area contributed by atoms with Gasteiger partial charge in [-0.25, -0.2) is 0 Å². The molecule has 0 radical (unpaired) electrons. The quantitative estimate of drug-likeness (QED) is 0.856. The highest BCUT2D eigenvalue weighted by molar-refractivity contribution is 5.67. The Balaban J connectivity index is 1.51. The topological polar surface area (TPSA) is 41.7 Å². The summed E-state index contributed by atoms with van der Waals surface area (Å²) in [5.74, 6) is 0. The number of nitrogens with zero attached hydrogens (tertiary/aromatic N) is 2. The number of hydrogen-bond acceptors (Lipinski definition) is 4. The van der Waals surface area contributed by atoms with Gasteiger partial charge < -0.3 is 15.4 Å². The third-order valence-corrected chi connectivity index (χ3v) is 4.43. The first-order valence-electron chi connectivity index (χ1n) is 7.69. The molecule has 4 nitrogen and oxygen atoms in total. The molecule has 2 aliphatic heterocycles. The Morgan fingerprint density at radius 1 is 1.15 bits per heavy atom.